The van der Waals surface area contributed by atoms with Crippen LogP contribution in [0.4, 0.5) is 0 Å². The molecule has 3 fully saturated rings. The van der Waals surface area contributed by atoms with Crippen LogP contribution in [0.2, 0.25) is 0 Å². The minimum atomic E-state index is -0.381. The van der Waals surface area contributed by atoms with Crippen LogP contribution >= 0.6 is 0 Å². The zero-order valence-corrected chi connectivity index (χ0v) is 14.9. The van der Waals surface area contributed by atoms with Crippen LogP contribution in [0.1, 0.15) is 72.1 Å². The Hall–Kier alpha value is -0.920. The van der Waals surface area contributed by atoms with E-state index in [0.29, 0.717) is 23.7 Å². The van der Waals surface area contributed by atoms with Crippen molar-refractivity contribution < 1.29 is 9.59 Å². The van der Waals surface area contributed by atoms with Crippen LogP contribution in [0.3, 0.4) is 0 Å². The minimum absolute atomic E-state index is 0.224. The predicted molar refractivity (Wildman–Crippen MR) is 90.9 cm³/mol. The van der Waals surface area contributed by atoms with E-state index in [1.807, 2.05) is 6.08 Å². The zero-order valence-electron chi connectivity index (χ0n) is 14.9. The Morgan fingerprint density at radius 1 is 1.09 bits per heavy atom. The number of carbonyl (C=O) groups excluding carboxylic acids is 2. The number of ketones is 1. The van der Waals surface area contributed by atoms with Gasteiger partial charge in [0.2, 0.25) is 0 Å². The molecule has 126 valence electrons. The normalized spacial score (nSPS) is 48.0. The Bertz CT molecular complexity index is 587. The first-order valence-electron chi connectivity index (χ1n) is 9.54. The quantitative estimate of drug-likeness (QED) is 0.656. The number of allylic oxidation sites excluding steroid dienone is 1. The predicted octanol–water partition coefficient (Wildman–Crippen LogP) is 4.72. The summed E-state index contributed by atoms with van der Waals surface area (Å²) in [6.07, 6.45) is 12.3. The Morgan fingerprint density at radius 2 is 1.87 bits per heavy atom. The van der Waals surface area contributed by atoms with Gasteiger partial charge in [-0.3, -0.25) is 4.79 Å². The van der Waals surface area contributed by atoms with E-state index in [1.54, 1.807) is 0 Å². The summed E-state index contributed by atoms with van der Waals surface area (Å²) in [4.78, 5) is 24.7. The summed E-state index contributed by atoms with van der Waals surface area (Å²) in [5.41, 5.74) is 1.07. The summed E-state index contributed by atoms with van der Waals surface area (Å²) in [5.74, 6) is 2.17. The van der Waals surface area contributed by atoms with Gasteiger partial charge in [0.15, 0.2) is 5.78 Å². The van der Waals surface area contributed by atoms with Crippen molar-refractivity contribution >= 4 is 12.1 Å². The van der Waals surface area contributed by atoms with E-state index in [1.165, 1.54) is 44.8 Å². The number of aldehydes is 1. The lowest BCUT2D eigenvalue weighted by Gasteiger charge is -2.61. The van der Waals surface area contributed by atoms with E-state index >= 15 is 0 Å². The Labute approximate surface area is 140 Å². The SMILES string of the molecule is CC1(C)CC(=O)C=C2CC[C@H]3[C@@H]4CCC[C@@]4(C)CC[C@@H]3[C@]21C=O. The van der Waals surface area contributed by atoms with Crippen molar-refractivity contribution in [3.63, 3.8) is 0 Å². The molecule has 4 aliphatic rings. The molecule has 3 saturated carbocycles. The van der Waals surface area contributed by atoms with Crippen molar-refractivity contribution in [3.05, 3.63) is 11.6 Å². The molecule has 5 atom stereocenters. The molecular formula is C21H30O2. The number of fused-ring (bicyclic) bond motifs is 5. The molecule has 2 nitrogen and oxygen atoms in total. The molecule has 0 spiro atoms. The second kappa shape index (κ2) is 4.80. The number of rotatable bonds is 1. The summed E-state index contributed by atoms with van der Waals surface area (Å²) in [6.45, 7) is 6.82. The van der Waals surface area contributed by atoms with Crippen LogP contribution in [0.15, 0.2) is 11.6 Å². The molecular weight excluding hydrogens is 284 g/mol. The van der Waals surface area contributed by atoms with Crippen LogP contribution < -0.4 is 0 Å². The highest BCUT2D eigenvalue weighted by molar-refractivity contribution is 5.94. The molecule has 23 heavy (non-hydrogen) atoms. The van der Waals surface area contributed by atoms with Gasteiger partial charge in [0.1, 0.15) is 6.29 Å². The van der Waals surface area contributed by atoms with Gasteiger partial charge in [-0.2, -0.15) is 0 Å². The van der Waals surface area contributed by atoms with Gasteiger partial charge in [-0.05, 0) is 73.2 Å². The third-order valence-corrected chi connectivity index (χ3v) is 8.34. The van der Waals surface area contributed by atoms with Gasteiger partial charge < -0.3 is 4.79 Å². The standard InChI is InChI=1S/C21H30O2/c1-19(2)12-15(23)11-14-6-7-16-17-5-4-9-20(17,3)10-8-18(16)21(14,19)13-22/h11,13,16-18H,4-10,12H2,1-3H3/t16-,17-,18-,20-,21-/m0/s1. The van der Waals surface area contributed by atoms with E-state index < -0.39 is 0 Å². The van der Waals surface area contributed by atoms with Gasteiger partial charge in [-0.15, -0.1) is 0 Å². The summed E-state index contributed by atoms with van der Waals surface area (Å²) in [5, 5.41) is 0. The maximum atomic E-state index is 12.5. The Balaban J connectivity index is 1.82. The van der Waals surface area contributed by atoms with E-state index in [4.69, 9.17) is 0 Å². The lowest BCUT2D eigenvalue weighted by molar-refractivity contribution is -0.142. The highest BCUT2D eigenvalue weighted by atomic mass is 16.1. The van der Waals surface area contributed by atoms with Crippen LogP contribution in [0.25, 0.3) is 0 Å². The van der Waals surface area contributed by atoms with Crippen molar-refractivity contribution in [2.75, 3.05) is 0 Å². The fraction of sp³-hybridized carbons (Fsp3) is 0.810. The summed E-state index contributed by atoms with van der Waals surface area (Å²) in [7, 11) is 0. The lowest BCUT2D eigenvalue weighted by Crippen LogP contribution is -2.57. The lowest BCUT2D eigenvalue weighted by atomic mass is 9.42. The first-order chi connectivity index (χ1) is 10.8. The average molecular weight is 314 g/mol. The molecule has 2 heteroatoms. The smallest absolute Gasteiger partial charge is 0.156 e. The van der Waals surface area contributed by atoms with Gasteiger partial charge in [-0.25, -0.2) is 0 Å². The van der Waals surface area contributed by atoms with Crippen LogP contribution in [-0.4, -0.2) is 12.1 Å². The monoisotopic (exact) mass is 314 g/mol. The third-order valence-electron chi connectivity index (χ3n) is 8.34. The van der Waals surface area contributed by atoms with Gasteiger partial charge in [0.05, 0.1) is 5.41 Å². The molecule has 0 aromatic carbocycles. The van der Waals surface area contributed by atoms with Gasteiger partial charge in [0, 0.05) is 6.42 Å². The molecule has 0 amide bonds. The first-order valence-corrected chi connectivity index (χ1v) is 9.54. The van der Waals surface area contributed by atoms with Crippen molar-refractivity contribution in [2.24, 2.45) is 34.0 Å². The van der Waals surface area contributed by atoms with Crippen molar-refractivity contribution in [3.8, 4) is 0 Å². The molecule has 4 aliphatic carbocycles. The Kier molecular flexibility index (Phi) is 3.26. The highest BCUT2D eigenvalue weighted by Gasteiger charge is 2.63. The largest absolute Gasteiger partial charge is 0.302 e. The van der Waals surface area contributed by atoms with Crippen molar-refractivity contribution in [1.29, 1.82) is 0 Å². The molecule has 0 aromatic rings. The Morgan fingerprint density at radius 3 is 2.61 bits per heavy atom. The molecule has 0 unspecified atom stereocenters. The first kappa shape index (κ1) is 15.6. The number of carbonyl (C=O) groups is 2. The van der Waals surface area contributed by atoms with Crippen molar-refractivity contribution in [1.82, 2.24) is 0 Å². The maximum Gasteiger partial charge on any atom is 0.156 e. The second-order valence-corrected chi connectivity index (χ2v) is 9.68. The topological polar surface area (TPSA) is 34.1 Å². The van der Waals surface area contributed by atoms with Gasteiger partial charge in [0.25, 0.3) is 0 Å². The molecule has 0 radical (unpaired) electrons. The number of hydrogen-bond donors (Lipinski definition) is 0. The second-order valence-electron chi connectivity index (χ2n) is 9.68. The summed E-state index contributed by atoms with van der Waals surface area (Å²) >= 11 is 0. The average Bonchev–Trinajstić information content (AvgIpc) is 2.87. The molecule has 0 aliphatic heterocycles. The molecule has 4 rings (SSSR count). The number of hydrogen-bond acceptors (Lipinski definition) is 2. The zero-order chi connectivity index (χ0) is 16.5. The van der Waals surface area contributed by atoms with Crippen molar-refractivity contribution in [2.45, 2.75) is 72.1 Å². The van der Waals surface area contributed by atoms with E-state index in [0.717, 1.165) is 17.9 Å². The summed E-state index contributed by atoms with van der Waals surface area (Å²) < 4.78 is 0. The fourth-order valence-electron chi connectivity index (χ4n) is 7.29. The summed E-state index contributed by atoms with van der Waals surface area (Å²) in [6, 6.07) is 0. The third kappa shape index (κ3) is 1.87. The van der Waals surface area contributed by atoms with Crippen LogP contribution in [-0.2, 0) is 9.59 Å². The molecule has 0 aromatic heterocycles. The molecule has 0 heterocycles. The van der Waals surface area contributed by atoms with E-state index in [9.17, 15) is 9.59 Å². The van der Waals surface area contributed by atoms with Gasteiger partial charge in [-0.1, -0.05) is 32.8 Å². The van der Waals surface area contributed by atoms with E-state index in [-0.39, 0.29) is 16.6 Å². The molecule has 0 saturated heterocycles. The van der Waals surface area contributed by atoms with E-state index in [2.05, 4.69) is 20.8 Å². The van der Waals surface area contributed by atoms with Crippen LogP contribution in [0.5, 0.6) is 0 Å². The maximum absolute atomic E-state index is 12.5. The molecule has 0 bridgehead atoms. The fourth-order valence-corrected chi connectivity index (χ4v) is 7.29. The molecule has 0 N–H and O–H groups in total. The van der Waals surface area contributed by atoms with Crippen LogP contribution in [0, 0.1) is 34.0 Å². The minimum Gasteiger partial charge on any atom is -0.302 e. The highest BCUT2D eigenvalue weighted by Crippen LogP contribution is 2.68. The van der Waals surface area contributed by atoms with Gasteiger partial charge >= 0.3 is 0 Å².